The van der Waals surface area contributed by atoms with Crippen LogP contribution in [0.3, 0.4) is 0 Å². The Bertz CT molecular complexity index is 249. The van der Waals surface area contributed by atoms with Gasteiger partial charge in [0.15, 0.2) is 5.82 Å². The highest BCUT2D eigenvalue weighted by atomic mass is 19.4. The van der Waals surface area contributed by atoms with Crippen molar-refractivity contribution in [3.05, 3.63) is 24.3 Å². The zero-order valence-corrected chi connectivity index (χ0v) is 5.78. The fourth-order valence-electron chi connectivity index (χ4n) is 0.598. The Morgan fingerprint density at radius 2 is 1.75 bits per heavy atom. The molecule has 0 aliphatic carbocycles. The zero-order chi connectivity index (χ0) is 9.19. The number of aromatic nitrogens is 2. The smallest absolute Gasteiger partial charge is 0.377 e. The van der Waals surface area contributed by atoms with E-state index in [2.05, 4.69) is 9.97 Å². The molecule has 1 N–H and O–H groups in total. The summed E-state index contributed by atoms with van der Waals surface area (Å²) in [6, 6.07) is 1.37. The highest BCUT2D eigenvalue weighted by Crippen LogP contribution is 2.29. The second kappa shape index (κ2) is 3.06. The summed E-state index contributed by atoms with van der Waals surface area (Å²) in [5, 5.41) is 8.61. The van der Waals surface area contributed by atoms with Gasteiger partial charge in [0.1, 0.15) is 0 Å². The fourth-order valence-corrected chi connectivity index (χ4v) is 0.598. The first-order valence-corrected chi connectivity index (χ1v) is 3.03. The van der Waals surface area contributed by atoms with Crippen LogP contribution in [0, 0.1) is 0 Å². The second-order valence-electron chi connectivity index (χ2n) is 2.05. The topological polar surface area (TPSA) is 46.0 Å². The maximum Gasteiger partial charge on any atom is 0.421 e. The van der Waals surface area contributed by atoms with Crippen molar-refractivity contribution in [2.75, 3.05) is 0 Å². The summed E-state index contributed by atoms with van der Waals surface area (Å²) >= 11 is 0. The van der Waals surface area contributed by atoms with Gasteiger partial charge < -0.3 is 5.11 Å². The molecule has 1 rings (SSSR count). The van der Waals surface area contributed by atoms with Gasteiger partial charge in [-0.1, -0.05) is 0 Å². The lowest BCUT2D eigenvalue weighted by molar-refractivity contribution is -0.209. The number of rotatable bonds is 1. The first-order valence-electron chi connectivity index (χ1n) is 3.03. The quantitative estimate of drug-likeness (QED) is 0.699. The van der Waals surface area contributed by atoms with Gasteiger partial charge in [0, 0.05) is 12.4 Å². The van der Waals surface area contributed by atoms with Gasteiger partial charge in [0.2, 0.25) is 6.10 Å². The molecule has 3 nitrogen and oxygen atoms in total. The highest BCUT2D eigenvalue weighted by molar-refractivity contribution is 4.94. The molecular weight excluding hydrogens is 173 g/mol. The minimum atomic E-state index is -4.71. The Morgan fingerprint density at radius 1 is 1.25 bits per heavy atom. The Morgan fingerprint density at radius 3 is 2.17 bits per heavy atom. The zero-order valence-electron chi connectivity index (χ0n) is 5.78. The van der Waals surface area contributed by atoms with Crippen molar-refractivity contribution in [3.63, 3.8) is 0 Å². The fraction of sp³-hybridized carbons (Fsp3) is 0.333. The van der Waals surface area contributed by atoms with Crippen LogP contribution < -0.4 is 0 Å². The van der Waals surface area contributed by atoms with Crippen LogP contribution in [0.4, 0.5) is 13.2 Å². The third-order valence-corrected chi connectivity index (χ3v) is 1.14. The van der Waals surface area contributed by atoms with Crippen molar-refractivity contribution in [2.45, 2.75) is 12.3 Å². The normalized spacial score (nSPS) is 14.3. The SMILES string of the molecule is O[C@H](c1ncccn1)C(F)(F)F. The molecule has 0 saturated heterocycles. The van der Waals surface area contributed by atoms with Crippen molar-refractivity contribution in [1.29, 1.82) is 0 Å². The molecule has 1 atom stereocenters. The molecule has 0 bridgehead atoms. The molecule has 1 aromatic rings. The van der Waals surface area contributed by atoms with Crippen LogP contribution in [0.1, 0.15) is 11.9 Å². The molecule has 1 heterocycles. The molecule has 1 aromatic heterocycles. The predicted octanol–water partition coefficient (Wildman–Crippen LogP) is 1.07. The third kappa shape index (κ3) is 1.91. The van der Waals surface area contributed by atoms with Crippen molar-refractivity contribution in [3.8, 4) is 0 Å². The van der Waals surface area contributed by atoms with Gasteiger partial charge in [-0.3, -0.25) is 0 Å². The van der Waals surface area contributed by atoms with Gasteiger partial charge in [0.05, 0.1) is 0 Å². The third-order valence-electron chi connectivity index (χ3n) is 1.14. The summed E-state index contributed by atoms with van der Waals surface area (Å²) in [5.41, 5.74) is 0. The van der Waals surface area contributed by atoms with Gasteiger partial charge in [-0.2, -0.15) is 13.2 Å². The van der Waals surface area contributed by atoms with E-state index in [1.165, 1.54) is 6.07 Å². The molecule has 0 aromatic carbocycles. The number of halogens is 3. The Labute approximate surface area is 65.9 Å². The van der Waals surface area contributed by atoms with E-state index in [1.807, 2.05) is 0 Å². The Kier molecular flexibility index (Phi) is 2.27. The number of alkyl halides is 3. The van der Waals surface area contributed by atoms with Crippen LogP contribution in [0.5, 0.6) is 0 Å². The summed E-state index contributed by atoms with van der Waals surface area (Å²) in [5.74, 6) is -0.634. The second-order valence-corrected chi connectivity index (χ2v) is 2.05. The number of aliphatic hydroxyl groups excluding tert-OH is 1. The van der Waals surface area contributed by atoms with E-state index in [0.29, 0.717) is 0 Å². The largest absolute Gasteiger partial charge is 0.421 e. The average molecular weight is 178 g/mol. The van der Waals surface area contributed by atoms with Gasteiger partial charge in [-0.25, -0.2) is 9.97 Å². The molecular formula is C6H5F3N2O. The molecule has 0 saturated carbocycles. The van der Waals surface area contributed by atoms with Crippen molar-refractivity contribution in [2.24, 2.45) is 0 Å². The van der Waals surface area contributed by atoms with E-state index in [9.17, 15) is 13.2 Å². The van der Waals surface area contributed by atoms with E-state index in [0.717, 1.165) is 12.4 Å². The first kappa shape index (κ1) is 8.92. The van der Waals surface area contributed by atoms with E-state index >= 15 is 0 Å². The van der Waals surface area contributed by atoms with Crippen LogP contribution in [0.2, 0.25) is 0 Å². The highest BCUT2D eigenvalue weighted by Gasteiger charge is 2.41. The summed E-state index contributed by atoms with van der Waals surface area (Å²) < 4.78 is 35.4. The van der Waals surface area contributed by atoms with Crippen molar-refractivity contribution < 1.29 is 18.3 Å². The molecule has 6 heteroatoms. The molecule has 0 radical (unpaired) electrons. The summed E-state index contributed by atoms with van der Waals surface area (Å²) in [4.78, 5) is 6.53. The Hall–Kier alpha value is -1.17. The maximum absolute atomic E-state index is 11.8. The lowest BCUT2D eigenvalue weighted by Gasteiger charge is -2.11. The summed E-state index contributed by atoms with van der Waals surface area (Å²) in [6.07, 6.45) is -5.03. The molecule has 0 amide bonds. The van der Waals surface area contributed by atoms with Gasteiger partial charge in [-0.05, 0) is 6.07 Å². The van der Waals surface area contributed by atoms with Crippen LogP contribution >= 0.6 is 0 Å². The molecule has 0 unspecified atom stereocenters. The minimum absolute atomic E-state index is 0.634. The monoisotopic (exact) mass is 178 g/mol. The molecule has 66 valence electrons. The van der Waals surface area contributed by atoms with Gasteiger partial charge in [0.25, 0.3) is 0 Å². The van der Waals surface area contributed by atoms with Crippen molar-refractivity contribution >= 4 is 0 Å². The van der Waals surface area contributed by atoms with Gasteiger partial charge >= 0.3 is 6.18 Å². The van der Waals surface area contributed by atoms with Crippen LogP contribution in [0.15, 0.2) is 18.5 Å². The standard InChI is InChI=1S/C6H5F3N2O/c7-6(8,9)4(12)5-10-2-1-3-11-5/h1-4,12H/t4-/m1/s1. The number of aliphatic hydroxyl groups is 1. The Balaban J connectivity index is 2.86. The molecule has 0 aliphatic rings. The number of hydrogen-bond acceptors (Lipinski definition) is 3. The lowest BCUT2D eigenvalue weighted by Crippen LogP contribution is -2.22. The maximum atomic E-state index is 11.8. The molecule has 0 aliphatic heterocycles. The van der Waals surface area contributed by atoms with Crippen LogP contribution in [-0.4, -0.2) is 21.3 Å². The first-order chi connectivity index (χ1) is 5.52. The lowest BCUT2D eigenvalue weighted by atomic mass is 10.3. The molecule has 0 fully saturated rings. The molecule has 0 spiro atoms. The van der Waals surface area contributed by atoms with Crippen molar-refractivity contribution in [1.82, 2.24) is 9.97 Å². The van der Waals surface area contributed by atoms with E-state index < -0.39 is 18.1 Å². The van der Waals surface area contributed by atoms with E-state index in [-0.39, 0.29) is 0 Å². The minimum Gasteiger partial charge on any atom is -0.377 e. The van der Waals surface area contributed by atoms with Gasteiger partial charge in [-0.15, -0.1) is 0 Å². The summed E-state index contributed by atoms with van der Waals surface area (Å²) in [7, 11) is 0. The van der Waals surface area contributed by atoms with E-state index in [4.69, 9.17) is 5.11 Å². The summed E-state index contributed by atoms with van der Waals surface area (Å²) in [6.45, 7) is 0. The number of hydrogen-bond donors (Lipinski definition) is 1. The molecule has 12 heavy (non-hydrogen) atoms. The van der Waals surface area contributed by atoms with Crippen LogP contribution in [0.25, 0.3) is 0 Å². The number of nitrogens with zero attached hydrogens (tertiary/aromatic N) is 2. The van der Waals surface area contributed by atoms with Crippen LogP contribution in [-0.2, 0) is 0 Å². The average Bonchev–Trinajstić information content (AvgIpc) is 2.03. The van der Waals surface area contributed by atoms with E-state index in [1.54, 1.807) is 0 Å². The predicted molar refractivity (Wildman–Crippen MR) is 33.0 cm³/mol.